The third kappa shape index (κ3) is 2.00. The van der Waals surface area contributed by atoms with E-state index < -0.39 is 11.0 Å². The highest BCUT2D eigenvalue weighted by molar-refractivity contribution is 6.33. The van der Waals surface area contributed by atoms with E-state index in [2.05, 4.69) is 13.8 Å². The van der Waals surface area contributed by atoms with Crippen molar-refractivity contribution in [2.75, 3.05) is 7.11 Å². The number of esters is 1. The van der Waals surface area contributed by atoms with Crippen molar-refractivity contribution in [1.82, 2.24) is 0 Å². The van der Waals surface area contributed by atoms with Crippen LogP contribution in [0.15, 0.2) is 0 Å². The molecule has 1 aliphatic heterocycles. The van der Waals surface area contributed by atoms with Gasteiger partial charge in [0.2, 0.25) is 5.06 Å². The predicted octanol–water partition coefficient (Wildman–Crippen LogP) is 2.42. The van der Waals surface area contributed by atoms with Crippen molar-refractivity contribution >= 4 is 17.6 Å². The van der Waals surface area contributed by atoms with Crippen LogP contribution < -0.4 is 0 Å². The monoisotopic (exact) mass is 234 g/mol. The number of carbonyl (C=O) groups excluding carboxylic acids is 1. The maximum atomic E-state index is 11.6. The lowest BCUT2D eigenvalue weighted by Gasteiger charge is -2.45. The number of methoxy groups -OCH3 is 1. The molecule has 0 spiro atoms. The molecule has 1 rings (SSSR count). The van der Waals surface area contributed by atoms with Crippen molar-refractivity contribution in [3.8, 4) is 0 Å². The zero-order valence-corrected chi connectivity index (χ0v) is 10.7. The van der Waals surface area contributed by atoms with E-state index in [-0.39, 0.29) is 12.0 Å². The minimum absolute atomic E-state index is 0.0344. The van der Waals surface area contributed by atoms with E-state index in [9.17, 15) is 4.79 Å². The zero-order valence-electron chi connectivity index (χ0n) is 9.91. The first-order valence-corrected chi connectivity index (χ1v) is 5.67. The van der Waals surface area contributed by atoms with Gasteiger partial charge in [-0.15, -0.1) is 0 Å². The number of hydrogen-bond donors (Lipinski definition) is 0. The van der Waals surface area contributed by atoms with Gasteiger partial charge in [-0.1, -0.05) is 32.4 Å². The molecule has 0 unspecified atom stereocenters. The van der Waals surface area contributed by atoms with Gasteiger partial charge in [0.15, 0.2) is 0 Å². The molecule has 0 bridgehead atoms. The largest absolute Gasteiger partial charge is 0.466 e. The summed E-state index contributed by atoms with van der Waals surface area (Å²) in [6.45, 7) is 8.07. The van der Waals surface area contributed by atoms with Crippen LogP contribution in [0.25, 0.3) is 0 Å². The summed E-state index contributed by atoms with van der Waals surface area (Å²) < 4.78 is 10.3. The van der Waals surface area contributed by atoms with Crippen LogP contribution in [0.1, 0.15) is 27.7 Å². The fourth-order valence-corrected chi connectivity index (χ4v) is 2.50. The van der Waals surface area contributed by atoms with Crippen LogP contribution in [0, 0.1) is 17.8 Å². The number of carbonyl (C=O) groups is 1. The molecule has 15 heavy (non-hydrogen) atoms. The molecule has 0 aliphatic carbocycles. The number of halogens is 1. The summed E-state index contributed by atoms with van der Waals surface area (Å²) in [5.41, 5.74) is 0. The van der Waals surface area contributed by atoms with E-state index in [0.717, 1.165) is 0 Å². The molecule has 0 aromatic rings. The normalized spacial score (nSPS) is 46.3. The summed E-state index contributed by atoms with van der Waals surface area (Å²) >= 11 is 6.23. The van der Waals surface area contributed by atoms with Crippen molar-refractivity contribution < 1.29 is 14.3 Å². The maximum absolute atomic E-state index is 11.6. The molecular formula is C11H19ClO3. The van der Waals surface area contributed by atoms with Gasteiger partial charge in [-0.05, 0) is 18.8 Å². The van der Waals surface area contributed by atoms with Gasteiger partial charge in [0.25, 0.3) is 0 Å². The average Bonchev–Trinajstić information content (AvgIpc) is 2.22. The van der Waals surface area contributed by atoms with Crippen molar-refractivity contribution in [2.24, 2.45) is 17.8 Å². The highest BCUT2D eigenvalue weighted by Gasteiger charge is 2.53. The molecule has 5 atom stereocenters. The Kier molecular flexibility index (Phi) is 3.67. The number of rotatable bonds is 1. The van der Waals surface area contributed by atoms with Gasteiger partial charge in [-0.25, -0.2) is 4.79 Å². The van der Waals surface area contributed by atoms with Gasteiger partial charge < -0.3 is 9.47 Å². The summed E-state index contributed by atoms with van der Waals surface area (Å²) in [6.07, 6.45) is -0.0344. The SMILES string of the molecule is COC(=O)[C@@]1(Cl)O[C@@H](C)[C@H](C)[C@@H](C)[C@@H]1C. The van der Waals surface area contributed by atoms with Crippen molar-refractivity contribution in [3.63, 3.8) is 0 Å². The van der Waals surface area contributed by atoms with Crippen LogP contribution in [0.3, 0.4) is 0 Å². The molecule has 0 aromatic carbocycles. The minimum atomic E-state index is -1.32. The second kappa shape index (κ2) is 4.30. The molecular weight excluding hydrogens is 216 g/mol. The van der Waals surface area contributed by atoms with Gasteiger partial charge in [-0.2, -0.15) is 0 Å². The molecule has 4 heteroatoms. The van der Waals surface area contributed by atoms with Crippen molar-refractivity contribution in [1.29, 1.82) is 0 Å². The first-order chi connectivity index (χ1) is 6.84. The average molecular weight is 235 g/mol. The topological polar surface area (TPSA) is 35.5 Å². The Balaban J connectivity index is 2.96. The lowest BCUT2D eigenvalue weighted by molar-refractivity contribution is -0.191. The molecule has 0 radical (unpaired) electrons. The van der Waals surface area contributed by atoms with Crippen LogP contribution in [0.2, 0.25) is 0 Å². The third-order valence-corrected chi connectivity index (χ3v) is 4.35. The zero-order chi connectivity index (χ0) is 11.8. The van der Waals surface area contributed by atoms with E-state index in [4.69, 9.17) is 21.1 Å². The van der Waals surface area contributed by atoms with E-state index in [0.29, 0.717) is 11.8 Å². The van der Waals surface area contributed by atoms with Crippen LogP contribution >= 0.6 is 11.6 Å². The Morgan fingerprint density at radius 1 is 1.27 bits per heavy atom. The Morgan fingerprint density at radius 2 is 1.80 bits per heavy atom. The predicted molar refractivity (Wildman–Crippen MR) is 58.6 cm³/mol. The van der Waals surface area contributed by atoms with Gasteiger partial charge in [0.05, 0.1) is 13.2 Å². The Hall–Kier alpha value is -0.280. The van der Waals surface area contributed by atoms with Crippen LogP contribution in [-0.4, -0.2) is 24.2 Å². The van der Waals surface area contributed by atoms with Crippen LogP contribution in [0.4, 0.5) is 0 Å². The smallest absolute Gasteiger partial charge is 0.354 e. The molecule has 1 aliphatic rings. The van der Waals surface area contributed by atoms with Gasteiger partial charge in [0.1, 0.15) is 0 Å². The lowest BCUT2D eigenvalue weighted by atomic mass is 9.76. The fraction of sp³-hybridized carbons (Fsp3) is 0.909. The minimum Gasteiger partial charge on any atom is -0.466 e. The van der Waals surface area contributed by atoms with E-state index >= 15 is 0 Å². The van der Waals surface area contributed by atoms with Gasteiger partial charge in [0, 0.05) is 5.92 Å². The van der Waals surface area contributed by atoms with Gasteiger partial charge in [-0.3, -0.25) is 0 Å². The first-order valence-electron chi connectivity index (χ1n) is 5.29. The molecule has 0 N–H and O–H groups in total. The second-order valence-corrected chi connectivity index (χ2v) is 5.03. The molecule has 0 aromatic heterocycles. The van der Waals surface area contributed by atoms with E-state index in [1.54, 1.807) is 0 Å². The molecule has 0 saturated carbocycles. The summed E-state index contributed by atoms with van der Waals surface area (Å²) in [6, 6.07) is 0. The van der Waals surface area contributed by atoms with Crippen LogP contribution in [0.5, 0.6) is 0 Å². The molecule has 3 nitrogen and oxygen atoms in total. The summed E-state index contributed by atoms with van der Waals surface area (Å²) in [7, 11) is 1.33. The fourth-order valence-electron chi connectivity index (χ4n) is 2.08. The molecule has 1 fully saturated rings. The number of ether oxygens (including phenoxy) is 2. The standard InChI is InChI=1S/C11H19ClO3/c1-6-7(2)9(4)15-11(12,8(6)3)10(13)14-5/h6-9H,1-5H3/t6-,7-,8+,9+,11+/m1/s1. The maximum Gasteiger partial charge on any atom is 0.354 e. The van der Waals surface area contributed by atoms with E-state index in [1.165, 1.54) is 7.11 Å². The summed E-state index contributed by atoms with van der Waals surface area (Å²) in [5, 5.41) is -1.32. The third-order valence-electron chi connectivity index (χ3n) is 3.77. The first kappa shape index (κ1) is 12.8. The highest BCUT2D eigenvalue weighted by Crippen LogP contribution is 2.44. The Labute approximate surface area is 96.1 Å². The van der Waals surface area contributed by atoms with Crippen molar-refractivity contribution in [2.45, 2.75) is 38.9 Å². The van der Waals surface area contributed by atoms with Crippen LogP contribution in [-0.2, 0) is 14.3 Å². The van der Waals surface area contributed by atoms with E-state index in [1.807, 2.05) is 13.8 Å². The second-order valence-electron chi connectivity index (χ2n) is 4.47. The number of alkyl halides is 1. The number of hydrogen-bond acceptors (Lipinski definition) is 3. The summed E-state index contributed by atoms with van der Waals surface area (Å²) in [5.74, 6) is 0.155. The quantitative estimate of drug-likeness (QED) is 0.516. The highest BCUT2D eigenvalue weighted by atomic mass is 35.5. The Morgan fingerprint density at radius 3 is 2.27 bits per heavy atom. The molecule has 1 heterocycles. The lowest BCUT2D eigenvalue weighted by Crippen LogP contribution is -2.54. The Bertz CT molecular complexity index is 256. The molecule has 0 amide bonds. The molecule has 1 saturated heterocycles. The summed E-state index contributed by atoms with van der Waals surface area (Å²) in [4.78, 5) is 11.6. The molecule has 88 valence electrons. The van der Waals surface area contributed by atoms with Crippen molar-refractivity contribution in [3.05, 3.63) is 0 Å². The van der Waals surface area contributed by atoms with Gasteiger partial charge >= 0.3 is 5.97 Å².